The molecule has 11 heteroatoms. The highest BCUT2D eigenvalue weighted by molar-refractivity contribution is 4.96. The van der Waals surface area contributed by atoms with E-state index in [1.165, 1.54) is 0 Å². The van der Waals surface area contributed by atoms with Gasteiger partial charge in [0.1, 0.15) is 6.23 Å². The molecule has 1 saturated heterocycles. The Labute approximate surface area is 109 Å². The fraction of sp³-hybridized carbons (Fsp3) is 0.556. The highest BCUT2D eigenvalue weighted by Gasteiger charge is 2.48. The van der Waals surface area contributed by atoms with E-state index >= 15 is 0 Å². The average molecular weight is 287 g/mol. The molecule has 3 N–H and O–H groups in total. The van der Waals surface area contributed by atoms with Crippen LogP contribution in [0.25, 0.3) is 10.4 Å². The van der Waals surface area contributed by atoms with Gasteiger partial charge >= 0.3 is 5.69 Å². The van der Waals surface area contributed by atoms with E-state index < -0.39 is 41.7 Å². The van der Waals surface area contributed by atoms with Gasteiger partial charge in [-0.15, -0.1) is 0 Å². The molecule has 108 valence electrons. The van der Waals surface area contributed by atoms with Gasteiger partial charge < -0.3 is 14.9 Å². The maximum Gasteiger partial charge on any atom is 0.330 e. The first kappa shape index (κ1) is 14.2. The van der Waals surface area contributed by atoms with Gasteiger partial charge in [0.05, 0.1) is 18.9 Å². The van der Waals surface area contributed by atoms with E-state index in [4.69, 9.17) is 10.3 Å². The van der Waals surface area contributed by atoms with Crippen LogP contribution in [0.4, 0.5) is 4.39 Å². The van der Waals surface area contributed by atoms with Gasteiger partial charge in [0, 0.05) is 11.3 Å². The maximum absolute atomic E-state index is 13.2. The number of aliphatic hydroxyl groups is 2. The number of aliphatic hydroxyl groups excluding tert-OH is 2. The fourth-order valence-electron chi connectivity index (χ4n) is 1.92. The van der Waals surface area contributed by atoms with Gasteiger partial charge in [0.15, 0.2) is 5.72 Å². The molecular weight excluding hydrogens is 277 g/mol. The zero-order valence-corrected chi connectivity index (χ0v) is 9.93. The van der Waals surface area contributed by atoms with Crippen LogP contribution in [-0.2, 0) is 4.74 Å². The molecule has 1 aliphatic rings. The smallest absolute Gasteiger partial charge is 0.330 e. The first-order chi connectivity index (χ1) is 9.43. The van der Waals surface area contributed by atoms with Crippen molar-refractivity contribution in [2.45, 2.75) is 24.5 Å². The minimum Gasteiger partial charge on any atom is -0.393 e. The lowest BCUT2D eigenvalue weighted by Gasteiger charge is -2.24. The molecule has 10 nitrogen and oxygen atoms in total. The maximum atomic E-state index is 13.2. The second-order valence-corrected chi connectivity index (χ2v) is 4.16. The molecule has 0 bridgehead atoms. The third-order valence-corrected chi connectivity index (χ3v) is 2.96. The third-order valence-electron chi connectivity index (χ3n) is 2.96. The molecule has 0 saturated carbocycles. The van der Waals surface area contributed by atoms with Crippen molar-refractivity contribution >= 4 is 0 Å². The molecule has 2 rings (SSSR count). The lowest BCUT2D eigenvalue weighted by atomic mass is 10.1. The van der Waals surface area contributed by atoms with Gasteiger partial charge in [0.2, 0.25) is 5.82 Å². The number of H-pyrrole nitrogens is 1. The normalized spacial score (nSPS) is 29.1. The summed E-state index contributed by atoms with van der Waals surface area (Å²) in [4.78, 5) is 26.7. The van der Waals surface area contributed by atoms with E-state index in [9.17, 15) is 24.2 Å². The number of halogens is 1. The van der Waals surface area contributed by atoms with Gasteiger partial charge in [0.25, 0.3) is 5.56 Å². The van der Waals surface area contributed by atoms with Crippen molar-refractivity contribution in [1.82, 2.24) is 9.55 Å². The number of aromatic nitrogens is 2. The van der Waals surface area contributed by atoms with Gasteiger partial charge in [-0.2, -0.15) is 4.39 Å². The first-order valence-electron chi connectivity index (χ1n) is 5.47. The molecule has 0 aliphatic carbocycles. The summed E-state index contributed by atoms with van der Waals surface area (Å²) in [7, 11) is 0. The summed E-state index contributed by atoms with van der Waals surface area (Å²) in [6, 6.07) is 0. The SMILES string of the molecule is [N-]=[N+]=N[C@]1(CO)O[C@H](n2cc(F)c(=O)[nH]c2=O)C[C@@H]1O. The Hall–Kier alpha value is -2.20. The standard InChI is InChI=1S/C9H10FN5O5/c10-4-2-15(8(19)12-7(4)18)6-1-5(17)9(3-16,20-6)13-14-11/h2,5-6,16-17H,1,3H2,(H,12,18,19)/t5-,6-,9+/m0/s1. The largest absolute Gasteiger partial charge is 0.393 e. The van der Waals surface area contributed by atoms with Crippen molar-refractivity contribution in [3.05, 3.63) is 43.3 Å². The number of rotatable bonds is 3. The quantitative estimate of drug-likeness (QED) is 0.368. The highest BCUT2D eigenvalue weighted by atomic mass is 19.1. The van der Waals surface area contributed by atoms with Crippen molar-refractivity contribution < 1.29 is 19.3 Å². The Balaban J connectivity index is 2.43. The van der Waals surface area contributed by atoms with Crippen molar-refractivity contribution in [2.24, 2.45) is 5.11 Å². The second kappa shape index (κ2) is 5.06. The first-order valence-corrected chi connectivity index (χ1v) is 5.47. The summed E-state index contributed by atoms with van der Waals surface area (Å²) in [6.45, 7) is -0.824. The number of nitrogens with zero attached hydrogens (tertiary/aromatic N) is 4. The average Bonchev–Trinajstić information content (AvgIpc) is 2.72. The molecule has 20 heavy (non-hydrogen) atoms. The van der Waals surface area contributed by atoms with Gasteiger partial charge in [-0.1, -0.05) is 5.11 Å². The van der Waals surface area contributed by atoms with Crippen molar-refractivity contribution in [1.29, 1.82) is 0 Å². The van der Waals surface area contributed by atoms with Crippen molar-refractivity contribution in [3.8, 4) is 0 Å². The number of hydrogen-bond acceptors (Lipinski definition) is 6. The molecule has 1 aromatic rings. The zero-order valence-electron chi connectivity index (χ0n) is 9.93. The van der Waals surface area contributed by atoms with Gasteiger partial charge in [-0.3, -0.25) is 14.3 Å². The number of ether oxygens (including phenoxy) is 1. The Morgan fingerprint density at radius 3 is 3.00 bits per heavy atom. The summed E-state index contributed by atoms with van der Waals surface area (Å²) >= 11 is 0. The molecule has 2 heterocycles. The van der Waals surface area contributed by atoms with E-state index in [1.54, 1.807) is 4.98 Å². The predicted molar refractivity (Wildman–Crippen MR) is 61.0 cm³/mol. The summed E-state index contributed by atoms with van der Waals surface area (Å²) in [5, 5.41) is 22.1. The molecular formula is C9H10FN5O5. The summed E-state index contributed by atoms with van der Waals surface area (Å²) in [5.74, 6) is -1.21. The van der Waals surface area contributed by atoms with Gasteiger partial charge in [-0.25, -0.2) is 4.79 Å². The van der Waals surface area contributed by atoms with E-state index in [1.807, 2.05) is 0 Å². The molecule has 0 radical (unpaired) electrons. The van der Waals surface area contributed by atoms with Crippen LogP contribution in [0.2, 0.25) is 0 Å². The molecule has 1 fully saturated rings. The zero-order chi connectivity index (χ0) is 14.9. The van der Waals surface area contributed by atoms with Crippen molar-refractivity contribution in [2.75, 3.05) is 6.61 Å². The monoisotopic (exact) mass is 287 g/mol. The molecule has 1 aliphatic heterocycles. The molecule has 3 atom stereocenters. The van der Waals surface area contributed by atoms with Crippen LogP contribution in [0, 0.1) is 5.82 Å². The Morgan fingerprint density at radius 1 is 1.70 bits per heavy atom. The van der Waals surface area contributed by atoms with Crippen LogP contribution in [-0.4, -0.2) is 38.2 Å². The summed E-state index contributed by atoms with van der Waals surface area (Å²) in [6.07, 6.45) is -2.20. The van der Waals surface area contributed by atoms with E-state index in [0.717, 1.165) is 0 Å². The Bertz CT molecular complexity index is 680. The lowest BCUT2D eigenvalue weighted by Crippen LogP contribution is -2.41. The molecule has 0 spiro atoms. The van der Waals surface area contributed by atoms with E-state index in [2.05, 4.69) is 10.0 Å². The summed E-state index contributed by atoms with van der Waals surface area (Å²) < 4.78 is 19.0. The number of nitrogens with one attached hydrogen (secondary N) is 1. The molecule has 1 aromatic heterocycles. The Kier molecular flexibility index (Phi) is 3.59. The topological polar surface area (TPSA) is 153 Å². The van der Waals surface area contributed by atoms with Crippen LogP contribution >= 0.6 is 0 Å². The lowest BCUT2D eigenvalue weighted by molar-refractivity contribution is -0.124. The molecule has 0 unspecified atom stereocenters. The van der Waals surface area contributed by atoms with Crippen LogP contribution in [0.15, 0.2) is 20.9 Å². The number of azide groups is 1. The van der Waals surface area contributed by atoms with E-state index in [-0.39, 0.29) is 6.42 Å². The minimum atomic E-state index is -1.95. The van der Waals surface area contributed by atoms with E-state index in [0.29, 0.717) is 10.8 Å². The predicted octanol–water partition coefficient (Wildman–Crippen LogP) is -1.05. The fourth-order valence-corrected chi connectivity index (χ4v) is 1.92. The summed E-state index contributed by atoms with van der Waals surface area (Å²) in [5.41, 5.74) is 4.32. The second-order valence-electron chi connectivity index (χ2n) is 4.16. The number of hydrogen-bond donors (Lipinski definition) is 3. The van der Waals surface area contributed by atoms with Crippen LogP contribution in [0.5, 0.6) is 0 Å². The number of aromatic amines is 1. The van der Waals surface area contributed by atoms with Crippen molar-refractivity contribution in [3.63, 3.8) is 0 Å². The molecule has 0 amide bonds. The highest BCUT2D eigenvalue weighted by Crippen LogP contribution is 2.37. The molecule has 0 aromatic carbocycles. The van der Waals surface area contributed by atoms with Crippen LogP contribution in [0.1, 0.15) is 12.6 Å². The van der Waals surface area contributed by atoms with Gasteiger partial charge in [-0.05, 0) is 5.53 Å². The van der Waals surface area contributed by atoms with Crippen LogP contribution in [0.3, 0.4) is 0 Å². The van der Waals surface area contributed by atoms with Crippen LogP contribution < -0.4 is 11.2 Å². The minimum absolute atomic E-state index is 0.231. The Morgan fingerprint density at radius 2 is 2.40 bits per heavy atom. The third kappa shape index (κ3) is 2.18.